The molecule has 4 rings (SSSR count). The Kier molecular flexibility index (Phi) is 5.91. The Morgan fingerprint density at radius 1 is 1.07 bits per heavy atom. The van der Waals surface area contributed by atoms with E-state index >= 15 is 0 Å². The zero-order valence-corrected chi connectivity index (χ0v) is 16.8. The van der Waals surface area contributed by atoms with Crippen LogP contribution < -0.4 is 14.2 Å². The number of halogens is 1. The van der Waals surface area contributed by atoms with Crippen molar-refractivity contribution in [1.82, 2.24) is 0 Å². The van der Waals surface area contributed by atoms with Gasteiger partial charge in [0.2, 0.25) is 0 Å². The smallest absolute Gasteiger partial charge is 0.328 e. The minimum atomic E-state index is -1.04. The van der Waals surface area contributed by atoms with Crippen LogP contribution in [0.2, 0.25) is 5.02 Å². The van der Waals surface area contributed by atoms with Crippen LogP contribution in [-0.4, -0.2) is 24.3 Å². The molecule has 0 bridgehead atoms. The van der Waals surface area contributed by atoms with Crippen molar-refractivity contribution in [3.63, 3.8) is 0 Å². The number of carbonyl (C=O) groups is 1. The lowest BCUT2D eigenvalue weighted by Crippen LogP contribution is -2.15. The number of carboxylic acid groups (broad SMARTS) is 1. The molecule has 152 valence electrons. The number of rotatable bonds is 6. The van der Waals surface area contributed by atoms with Gasteiger partial charge in [0.1, 0.15) is 25.6 Å². The highest BCUT2D eigenvalue weighted by Crippen LogP contribution is 2.41. The van der Waals surface area contributed by atoms with Gasteiger partial charge in [-0.1, -0.05) is 48.0 Å². The van der Waals surface area contributed by atoms with Gasteiger partial charge < -0.3 is 19.3 Å². The third kappa shape index (κ3) is 4.42. The Bertz CT molecular complexity index is 1110. The SMILES string of the molecule is O=C(O)/C=C/c1cc(-c2cccc3c2OCCO3)ccc1OCc1ccccc1Cl. The van der Waals surface area contributed by atoms with E-state index < -0.39 is 5.97 Å². The van der Waals surface area contributed by atoms with E-state index in [9.17, 15) is 4.79 Å². The second-order valence-electron chi connectivity index (χ2n) is 6.63. The van der Waals surface area contributed by atoms with Gasteiger partial charge >= 0.3 is 5.97 Å². The van der Waals surface area contributed by atoms with Crippen LogP contribution >= 0.6 is 11.6 Å². The first-order valence-corrected chi connectivity index (χ1v) is 9.80. The summed E-state index contributed by atoms with van der Waals surface area (Å²) < 4.78 is 17.4. The summed E-state index contributed by atoms with van der Waals surface area (Å²) in [5.74, 6) is 0.895. The van der Waals surface area contributed by atoms with Crippen molar-refractivity contribution in [2.75, 3.05) is 13.2 Å². The van der Waals surface area contributed by atoms with E-state index in [0.717, 1.165) is 22.8 Å². The molecular weight excluding hydrogens is 404 g/mol. The number of benzene rings is 3. The average Bonchev–Trinajstić information content (AvgIpc) is 2.77. The number of para-hydroxylation sites is 1. The molecule has 0 fully saturated rings. The first-order valence-electron chi connectivity index (χ1n) is 9.42. The van der Waals surface area contributed by atoms with Crippen LogP contribution in [-0.2, 0) is 11.4 Å². The van der Waals surface area contributed by atoms with Crippen LogP contribution in [0, 0.1) is 0 Å². The van der Waals surface area contributed by atoms with Gasteiger partial charge in [-0.05, 0) is 35.9 Å². The van der Waals surface area contributed by atoms with Crippen molar-refractivity contribution >= 4 is 23.6 Å². The van der Waals surface area contributed by atoms with Crippen molar-refractivity contribution in [2.24, 2.45) is 0 Å². The standard InChI is InChI=1S/C24H19ClO5/c25-20-6-2-1-4-18(20)15-30-21-10-8-16(14-17(21)9-11-23(26)27)19-5-3-7-22-24(19)29-13-12-28-22/h1-11,14H,12-13,15H2,(H,26,27)/b11-9+. The van der Waals surface area contributed by atoms with Crippen LogP contribution in [0.3, 0.4) is 0 Å². The van der Waals surface area contributed by atoms with E-state index in [1.54, 1.807) is 6.07 Å². The van der Waals surface area contributed by atoms with Gasteiger partial charge in [0.15, 0.2) is 11.5 Å². The molecule has 5 nitrogen and oxygen atoms in total. The van der Waals surface area contributed by atoms with E-state index in [1.807, 2.05) is 54.6 Å². The van der Waals surface area contributed by atoms with Gasteiger partial charge in [0.05, 0.1) is 0 Å². The normalized spacial score (nSPS) is 12.7. The fraction of sp³-hybridized carbons (Fsp3) is 0.125. The largest absolute Gasteiger partial charge is 0.488 e. The van der Waals surface area contributed by atoms with E-state index in [4.69, 9.17) is 30.9 Å². The summed E-state index contributed by atoms with van der Waals surface area (Å²) in [6.07, 6.45) is 2.60. The van der Waals surface area contributed by atoms with Crippen molar-refractivity contribution < 1.29 is 24.1 Å². The van der Waals surface area contributed by atoms with Crippen LogP contribution in [0.4, 0.5) is 0 Å². The molecule has 1 heterocycles. The predicted molar refractivity (Wildman–Crippen MR) is 115 cm³/mol. The molecule has 3 aromatic rings. The molecule has 1 aliphatic rings. The Hall–Kier alpha value is -3.44. The zero-order valence-electron chi connectivity index (χ0n) is 16.0. The Morgan fingerprint density at radius 3 is 2.73 bits per heavy atom. The summed E-state index contributed by atoms with van der Waals surface area (Å²) in [4.78, 5) is 11.1. The fourth-order valence-corrected chi connectivity index (χ4v) is 3.40. The number of fused-ring (bicyclic) bond motifs is 1. The molecule has 0 aliphatic carbocycles. The molecule has 6 heteroatoms. The van der Waals surface area contributed by atoms with E-state index in [0.29, 0.717) is 41.0 Å². The number of hydrogen-bond acceptors (Lipinski definition) is 4. The summed E-state index contributed by atoms with van der Waals surface area (Å²) in [5.41, 5.74) is 3.22. The lowest BCUT2D eigenvalue weighted by Gasteiger charge is -2.21. The number of hydrogen-bond donors (Lipinski definition) is 1. The molecule has 1 N–H and O–H groups in total. The van der Waals surface area contributed by atoms with Gasteiger partial charge in [0.25, 0.3) is 0 Å². The summed E-state index contributed by atoms with van der Waals surface area (Å²) in [5, 5.41) is 9.69. The van der Waals surface area contributed by atoms with Crippen LogP contribution in [0.25, 0.3) is 17.2 Å². The zero-order chi connectivity index (χ0) is 20.9. The van der Waals surface area contributed by atoms with Gasteiger partial charge in [-0.3, -0.25) is 0 Å². The topological polar surface area (TPSA) is 65.0 Å². The summed E-state index contributed by atoms with van der Waals surface area (Å²) in [6.45, 7) is 1.26. The van der Waals surface area contributed by atoms with Crippen LogP contribution in [0.15, 0.2) is 66.7 Å². The molecule has 0 spiro atoms. The summed E-state index contributed by atoms with van der Waals surface area (Å²) >= 11 is 6.21. The molecular formula is C24H19ClO5. The molecule has 0 atom stereocenters. The van der Waals surface area contributed by atoms with Crippen LogP contribution in [0.1, 0.15) is 11.1 Å². The summed E-state index contributed by atoms with van der Waals surface area (Å²) in [7, 11) is 0. The average molecular weight is 423 g/mol. The Morgan fingerprint density at radius 2 is 1.90 bits per heavy atom. The highest BCUT2D eigenvalue weighted by atomic mass is 35.5. The molecule has 0 saturated carbocycles. The van der Waals surface area contributed by atoms with E-state index in [2.05, 4.69) is 0 Å². The molecule has 3 aromatic carbocycles. The lowest BCUT2D eigenvalue weighted by molar-refractivity contribution is -0.131. The van der Waals surface area contributed by atoms with E-state index in [-0.39, 0.29) is 6.61 Å². The van der Waals surface area contributed by atoms with Gasteiger partial charge in [-0.15, -0.1) is 0 Å². The van der Waals surface area contributed by atoms with Crippen molar-refractivity contribution in [1.29, 1.82) is 0 Å². The highest BCUT2D eigenvalue weighted by Gasteiger charge is 2.17. The monoisotopic (exact) mass is 422 g/mol. The second kappa shape index (κ2) is 8.93. The first-order chi connectivity index (χ1) is 14.6. The van der Waals surface area contributed by atoms with Gasteiger partial charge in [-0.2, -0.15) is 0 Å². The maximum Gasteiger partial charge on any atom is 0.328 e. The number of ether oxygens (including phenoxy) is 3. The minimum absolute atomic E-state index is 0.268. The molecule has 0 unspecified atom stereocenters. The van der Waals surface area contributed by atoms with E-state index in [1.165, 1.54) is 6.08 Å². The van der Waals surface area contributed by atoms with Crippen molar-refractivity contribution in [2.45, 2.75) is 6.61 Å². The number of aliphatic carboxylic acids is 1. The molecule has 0 saturated heterocycles. The summed E-state index contributed by atoms with van der Waals surface area (Å²) in [6, 6.07) is 18.7. The third-order valence-electron chi connectivity index (χ3n) is 4.63. The molecule has 1 aliphatic heterocycles. The lowest BCUT2D eigenvalue weighted by atomic mass is 10.0. The van der Waals surface area contributed by atoms with Crippen LogP contribution in [0.5, 0.6) is 17.2 Å². The maximum atomic E-state index is 11.1. The quantitative estimate of drug-likeness (QED) is 0.535. The van der Waals surface area contributed by atoms with Crippen molar-refractivity contribution in [3.05, 3.63) is 82.9 Å². The third-order valence-corrected chi connectivity index (χ3v) is 5.00. The molecule has 30 heavy (non-hydrogen) atoms. The van der Waals surface area contributed by atoms with Crippen molar-refractivity contribution in [3.8, 4) is 28.4 Å². The number of carboxylic acids is 1. The minimum Gasteiger partial charge on any atom is -0.488 e. The van der Waals surface area contributed by atoms with Gasteiger partial charge in [-0.25, -0.2) is 4.79 Å². The molecule has 0 radical (unpaired) electrons. The van der Waals surface area contributed by atoms with Gasteiger partial charge in [0, 0.05) is 27.8 Å². The second-order valence-corrected chi connectivity index (χ2v) is 7.04. The molecule has 0 aromatic heterocycles. The Balaban J connectivity index is 1.69. The maximum absolute atomic E-state index is 11.1. The fourth-order valence-electron chi connectivity index (χ4n) is 3.21. The predicted octanol–water partition coefficient (Wildman–Crippen LogP) is 5.46. The Labute approximate surface area is 179 Å². The molecule has 0 amide bonds. The highest BCUT2D eigenvalue weighted by molar-refractivity contribution is 6.31. The first kappa shape index (κ1) is 19.9.